The Labute approximate surface area is 118 Å². The van der Waals surface area contributed by atoms with Crippen molar-refractivity contribution in [3.63, 3.8) is 0 Å². The van der Waals surface area contributed by atoms with Crippen molar-refractivity contribution in [1.29, 1.82) is 0 Å². The molecule has 1 fully saturated rings. The maximum Gasteiger partial charge on any atom is 0.315 e. The molecule has 0 aromatic heterocycles. The van der Waals surface area contributed by atoms with Gasteiger partial charge in [-0.15, -0.1) is 0 Å². The van der Waals surface area contributed by atoms with Gasteiger partial charge in [0.15, 0.2) is 0 Å². The fraction of sp³-hybridized carbons (Fsp3) is 0.467. The van der Waals surface area contributed by atoms with E-state index < -0.39 is 5.97 Å². The van der Waals surface area contributed by atoms with E-state index in [1.165, 1.54) is 0 Å². The van der Waals surface area contributed by atoms with Crippen molar-refractivity contribution in [1.82, 2.24) is 10.6 Å². The lowest BCUT2D eigenvalue weighted by Gasteiger charge is -2.33. The highest BCUT2D eigenvalue weighted by molar-refractivity contribution is 5.74. The number of carboxylic acid groups (broad SMARTS) is 1. The molecular weight excluding hydrogens is 256 g/mol. The van der Waals surface area contributed by atoms with Crippen LogP contribution in [0, 0.1) is 5.92 Å². The number of nitrogens with one attached hydrogen (secondary N) is 2. The van der Waals surface area contributed by atoms with Crippen LogP contribution in [0.1, 0.15) is 30.9 Å². The standard InChI is InChI=1S/C15H20N2O3/c1-10-6-13(7-10)17-15(20)16-9-12-5-3-2-4-11(12)8-14(18)19/h2-5,10,13H,6-9H2,1H3,(H,18,19)(H2,16,17,20). The van der Waals surface area contributed by atoms with Gasteiger partial charge in [0.2, 0.25) is 0 Å². The highest BCUT2D eigenvalue weighted by Crippen LogP contribution is 2.25. The number of carboxylic acids is 1. The van der Waals surface area contributed by atoms with Crippen molar-refractivity contribution in [2.24, 2.45) is 5.92 Å². The van der Waals surface area contributed by atoms with Crippen LogP contribution in [0.2, 0.25) is 0 Å². The van der Waals surface area contributed by atoms with Gasteiger partial charge in [-0.1, -0.05) is 31.2 Å². The number of hydrogen-bond donors (Lipinski definition) is 3. The van der Waals surface area contributed by atoms with E-state index >= 15 is 0 Å². The fourth-order valence-electron chi connectivity index (χ4n) is 2.50. The van der Waals surface area contributed by atoms with E-state index in [0.717, 1.165) is 24.0 Å². The molecule has 1 aliphatic carbocycles. The smallest absolute Gasteiger partial charge is 0.315 e. The van der Waals surface area contributed by atoms with Crippen molar-refractivity contribution in [3.05, 3.63) is 35.4 Å². The van der Waals surface area contributed by atoms with Crippen LogP contribution in [0.4, 0.5) is 4.79 Å². The Hall–Kier alpha value is -2.04. The molecule has 2 rings (SSSR count). The molecule has 5 nitrogen and oxygen atoms in total. The lowest BCUT2D eigenvalue weighted by Crippen LogP contribution is -2.47. The topological polar surface area (TPSA) is 78.4 Å². The van der Waals surface area contributed by atoms with E-state index in [2.05, 4.69) is 17.6 Å². The first-order chi connectivity index (χ1) is 9.54. The average molecular weight is 276 g/mol. The summed E-state index contributed by atoms with van der Waals surface area (Å²) in [5.74, 6) is -0.179. The molecule has 3 N–H and O–H groups in total. The minimum atomic E-state index is -0.870. The van der Waals surface area contributed by atoms with Crippen LogP contribution in [-0.2, 0) is 17.8 Å². The molecule has 5 heteroatoms. The zero-order chi connectivity index (χ0) is 14.5. The molecule has 0 unspecified atom stereocenters. The van der Waals surface area contributed by atoms with Crippen molar-refractivity contribution >= 4 is 12.0 Å². The van der Waals surface area contributed by atoms with Gasteiger partial charge in [0.05, 0.1) is 6.42 Å². The lowest BCUT2D eigenvalue weighted by atomic mass is 9.82. The summed E-state index contributed by atoms with van der Waals surface area (Å²) in [6.45, 7) is 2.51. The third-order valence-electron chi connectivity index (χ3n) is 3.61. The maximum atomic E-state index is 11.7. The summed E-state index contributed by atoms with van der Waals surface area (Å²) in [7, 11) is 0. The minimum absolute atomic E-state index is 0.0282. The Bertz CT molecular complexity index is 496. The van der Waals surface area contributed by atoms with Gasteiger partial charge < -0.3 is 15.7 Å². The molecule has 0 radical (unpaired) electrons. The molecule has 0 aliphatic heterocycles. The molecule has 20 heavy (non-hydrogen) atoms. The van der Waals surface area contributed by atoms with Crippen molar-refractivity contribution in [3.8, 4) is 0 Å². The van der Waals surface area contributed by atoms with Crippen LogP contribution >= 0.6 is 0 Å². The molecule has 0 spiro atoms. The molecule has 0 heterocycles. The molecule has 2 amide bonds. The quantitative estimate of drug-likeness (QED) is 0.768. The molecule has 1 aromatic rings. The largest absolute Gasteiger partial charge is 0.481 e. The Morgan fingerprint density at radius 3 is 2.50 bits per heavy atom. The second-order valence-electron chi connectivity index (χ2n) is 5.44. The Morgan fingerprint density at radius 1 is 1.25 bits per heavy atom. The second kappa shape index (κ2) is 6.41. The van der Waals surface area contributed by atoms with Crippen molar-refractivity contribution in [2.45, 2.75) is 38.8 Å². The van der Waals surface area contributed by atoms with E-state index in [4.69, 9.17) is 5.11 Å². The molecule has 1 saturated carbocycles. The summed E-state index contributed by atoms with van der Waals surface area (Å²) in [6.07, 6.45) is 2.03. The van der Waals surface area contributed by atoms with Gasteiger partial charge in [-0.25, -0.2) is 4.79 Å². The summed E-state index contributed by atoms with van der Waals surface area (Å²) < 4.78 is 0. The molecule has 0 saturated heterocycles. The Morgan fingerprint density at radius 2 is 1.90 bits per heavy atom. The van der Waals surface area contributed by atoms with Crippen LogP contribution < -0.4 is 10.6 Å². The van der Waals surface area contributed by atoms with Gasteiger partial charge in [-0.2, -0.15) is 0 Å². The van der Waals surface area contributed by atoms with E-state index in [0.29, 0.717) is 12.5 Å². The van der Waals surface area contributed by atoms with Gasteiger partial charge in [0.25, 0.3) is 0 Å². The molecule has 108 valence electrons. The summed E-state index contributed by atoms with van der Waals surface area (Å²) in [5, 5.41) is 14.5. The number of carbonyl (C=O) groups excluding carboxylic acids is 1. The molecule has 0 bridgehead atoms. The molecule has 1 aliphatic rings. The first-order valence-electron chi connectivity index (χ1n) is 6.87. The zero-order valence-electron chi connectivity index (χ0n) is 11.6. The molecule has 0 atom stereocenters. The molecule has 1 aromatic carbocycles. The van der Waals surface area contributed by atoms with Crippen LogP contribution in [0.15, 0.2) is 24.3 Å². The fourth-order valence-corrected chi connectivity index (χ4v) is 2.50. The zero-order valence-corrected chi connectivity index (χ0v) is 11.6. The summed E-state index contributed by atoms with van der Waals surface area (Å²) in [4.78, 5) is 22.5. The number of benzene rings is 1. The minimum Gasteiger partial charge on any atom is -0.481 e. The number of aliphatic carboxylic acids is 1. The summed E-state index contributed by atoms with van der Waals surface area (Å²) in [6, 6.07) is 7.35. The number of carbonyl (C=O) groups is 2. The Kier molecular flexibility index (Phi) is 4.61. The van der Waals surface area contributed by atoms with Gasteiger partial charge in [-0.3, -0.25) is 4.79 Å². The van der Waals surface area contributed by atoms with Gasteiger partial charge in [0, 0.05) is 12.6 Å². The monoisotopic (exact) mass is 276 g/mol. The van der Waals surface area contributed by atoms with Gasteiger partial charge in [-0.05, 0) is 29.9 Å². The predicted molar refractivity (Wildman–Crippen MR) is 75.3 cm³/mol. The van der Waals surface area contributed by atoms with Crippen molar-refractivity contribution in [2.75, 3.05) is 0 Å². The molecular formula is C15H20N2O3. The lowest BCUT2D eigenvalue weighted by molar-refractivity contribution is -0.136. The van der Waals surface area contributed by atoms with Crippen molar-refractivity contribution < 1.29 is 14.7 Å². The van der Waals surface area contributed by atoms with E-state index in [1.54, 1.807) is 12.1 Å². The first kappa shape index (κ1) is 14.4. The normalized spacial score (nSPS) is 20.9. The predicted octanol–water partition coefficient (Wildman–Crippen LogP) is 1.91. The maximum absolute atomic E-state index is 11.7. The van der Waals surface area contributed by atoms with Gasteiger partial charge in [0.1, 0.15) is 0 Å². The van der Waals surface area contributed by atoms with E-state index in [-0.39, 0.29) is 18.5 Å². The van der Waals surface area contributed by atoms with E-state index in [9.17, 15) is 9.59 Å². The summed E-state index contributed by atoms with van der Waals surface area (Å²) in [5.41, 5.74) is 1.57. The highest BCUT2D eigenvalue weighted by Gasteiger charge is 2.26. The second-order valence-corrected chi connectivity index (χ2v) is 5.44. The third-order valence-corrected chi connectivity index (χ3v) is 3.61. The number of amides is 2. The van der Waals surface area contributed by atoms with Crippen LogP contribution in [0.25, 0.3) is 0 Å². The van der Waals surface area contributed by atoms with E-state index in [1.807, 2.05) is 12.1 Å². The SMILES string of the molecule is CC1CC(NC(=O)NCc2ccccc2CC(=O)O)C1. The van der Waals surface area contributed by atoms with Crippen LogP contribution in [-0.4, -0.2) is 23.1 Å². The number of rotatable bonds is 5. The van der Waals surface area contributed by atoms with Crippen LogP contribution in [0.5, 0.6) is 0 Å². The first-order valence-corrected chi connectivity index (χ1v) is 6.87. The Balaban J connectivity index is 1.84. The van der Waals surface area contributed by atoms with Crippen LogP contribution in [0.3, 0.4) is 0 Å². The highest BCUT2D eigenvalue weighted by atomic mass is 16.4. The number of hydrogen-bond acceptors (Lipinski definition) is 2. The average Bonchev–Trinajstić information content (AvgIpc) is 2.35. The van der Waals surface area contributed by atoms with Gasteiger partial charge >= 0.3 is 12.0 Å². The summed E-state index contributed by atoms with van der Waals surface area (Å²) >= 11 is 0. The number of urea groups is 1. The third kappa shape index (κ3) is 3.98.